The average molecular weight is 421 g/mol. The van der Waals surface area contributed by atoms with Gasteiger partial charge >= 0.3 is 11.8 Å². The minimum absolute atomic E-state index is 0.228. The third-order valence-electron chi connectivity index (χ3n) is 5.26. The SMILES string of the molecule is CCc1cc(NC(=O)C(=O)N2C[C@@H](C)C(F)(F)C[C@@H]2c2ccc(F)nc2)cnc1N. The van der Waals surface area contributed by atoms with Gasteiger partial charge < -0.3 is 16.0 Å². The zero-order chi connectivity index (χ0) is 22.1. The lowest BCUT2D eigenvalue weighted by Crippen LogP contribution is -2.52. The molecule has 1 aliphatic rings. The fraction of sp³-hybridized carbons (Fsp3) is 0.400. The van der Waals surface area contributed by atoms with E-state index in [-0.39, 0.29) is 17.8 Å². The molecule has 7 nitrogen and oxygen atoms in total. The molecule has 0 radical (unpaired) electrons. The van der Waals surface area contributed by atoms with Crippen LogP contribution in [0.2, 0.25) is 0 Å². The Bertz CT molecular complexity index is 952. The van der Waals surface area contributed by atoms with Crippen molar-refractivity contribution in [1.29, 1.82) is 0 Å². The number of aryl methyl sites for hydroxylation is 1. The summed E-state index contributed by atoms with van der Waals surface area (Å²) in [7, 11) is 0. The molecule has 1 fully saturated rings. The van der Waals surface area contributed by atoms with E-state index in [1.54, 1.807) is 6.07 Å². The van der Waals surface area contributed by atoms with Gasteiger partial charge in [-0.05, 0) is 29.7 Å². The van der Waals surface area contributed by atoms with Crippen molar-refractivity contribution in [2.24, 2.45) is 5.92 Å². The van der Waals surface area contributed by atoms with Crippen LogP contribution in [0.25, 0.3) is 0 Å². The predicted molar refractivity (Wildman–Crippen MR) is 104 cm³/mol. The Balaban J connectivity index is 1.85. The number of amides is 2. The van der Waals surface area contributed by atoms with E-state index in [1.165, 1.54) is 19.2 Å². The number of nitrogens with zero attached hydrogens (tertiary/aromatic N) is 3. The van der Waals surface area contributed by atoms with E-state index < -0.39 is 42.1 Å². The summed E-state index contributed by atoms with van der Waals surface area (Å²) >= 11 is 0. The molecule has 0 aromatic carbocycles. The van der Waals surface area contributed by atoms with Crippen molar-refractivity contribution in [3.63, 3.8) is 0 Å². The first-order valence-corrected chi connectivity index (χ1v) is 9.48. The van der Waals surface area contributed by atoms with E-state index in [2.05, 4.69) is 15.3 Å². The van der Waals surface area contributed by atoms with Crippen molar-refractivity contribution in [2.45, 2.75) is 38.7 Å². The van der Waals surface area contributed by atoms with Gasteiger partial charge in [-0.3, -0.25) is 9.59 Å². The van der Waals surface area contributed by atoms with Crippen LogP contribution in [-0.4, -0.2) is 39.1 Å². The molecule has 3 N–H and O–H groups in total. The highest BCUT2D eigenvalue weighted by atomic mass is 19.3. The maximum absolute atomic E-state index is 14.4. The molecule has 0 aliphatic carbocycles. The number of alkyl halides is 2. The number of halogens is 3. The zero-order valence-corrected chi connectivity index (χ0v) is 16.5. The molecule has 1 aliphatic heterocycles. The van der Waals surface area contributed by atoms with Gasteiger partial charge in [0, 0.05) is 25.1 Å². The van der Waals surface area contributed by atoms with Crippen molar-refractivity contribution in [3.8, 4) is 0 Å². The second-order valence-corrected chi connectivity index (χ2v) is 7.33. The highest BCUT2D eigenvalue weighted by molar-refractivity contribution is 6.39. The van der Waals surface area contributed by atoms with E-state index in [1.807, 2.05) is 6.92 Å². The van der Waals surface area contributed by atoms with Gasteiger partial charge in [0.15, 0.2) is 0 Å². The molecule has 2 aromatic rings. The quantitative estimate of drug-likeness (QED) is 0.586. The summed E-state index contributed by atoms with van der Waals surface area (Å²) in [5.74, 6) is -6.61. The number of hydrogen-bond donors (Lipinski definition) is 2. The van der Waals surface area contributed by atoms with Crippen molar-refractivity contribution in [1.82, 2.24) is 14.9 Å². The largest absolute Gasteiger partial charge is 0.383 e. The van der Waals surface area contributed by atoms with E-state index >= 15 is 0 Å². The van der Waals surface area contributed by atoms with E-state index in [9.17, 15) is 22.8 Å². The number of rotatable bonds is 3. The second-order valence-electron chi connectivity index (χ2n) is 7.33. The van der Waals surface area contributed by atoms with Gasteiger partial charge in [0.2, 0.25) is 5.95 Å². The standard InChI is InChI=1S/C20H22F3N5O2/c1-3-12-6-14(9-26-17(12)24)27-18(29)19(30)28-10-11(2)20(22,23)7-15(28)13-4-5-16(21)25-8-13/h4-6,8-9,11,15H,3,7,10H2,1-2H3,(H2,24,26)(H,27,29)/t11-,15-/m1/s1. The van der Waals surface area contributed by atoms with Crippen LogP contribution >= 0.6 is 0 Å². The molecule has 3 heterocycles. The lowest BCUT2D eigenvalue weighted by Gasteiger charge is -2.42. The van der Waals surface area contributed by atoms with Crippen molar-refractivity contribution < 1.29 is 22.8 Å². The molecule has 0 bridgehead atoms. The topological polar surface area (TPSA) is 101 Å². The van der Waals surface area contributed by atoms with Gasteiger partial charge in [-0.1, -0.05) is 19.9 Å². The number of pyridine rings is 2. The van der Waals surface area contributed by atoms with Crippen LogP contribution in [0.4, 0.5) is 24.7 Å². The average Bonchev–Trinajstić information content (AvgIpc) is 2.71. The molecule has 0 spiro atoms. The maximum Gasteiger partial charge on any atom is 0.313 e. The van der Waals surface area contributed by atoms with Gasteiger partial charge in [0.25, 0.3) is 5.92 Å². The number of anilines is 2. The van der Waals surface area contributed by atoms with Crippen LogP contribution in [0.3, 0.4) is 0 Å². The molecular formula is C20H22F3N5O2. The number of carbonyl (C=O) groups excluding carboxylic acids is 2. The predicted octanol–water partition coefficient (Wildman–Crippen LogP) is 2.94. The number of likely N-dealkylation sites (tertiary alicyclic amines) is 1. The minimum Gasteiger partial charge on any atom is -0.383 e. The molecular weight excluding hydrogens is 399 g/mol. The Hall–Kier alpha value is -3.17. The van der Waals surface area contributed by atoms with E-state index in [4.69, 9.17) is 5.73 Å². The molecule has 0 unspecified atom stereocenters. The molecule has 30 heavy (non-hydrogen) atoms. The van der Waals surface area contributed by atoms with Gasteiger partial charge in [-0.15, -0.1) is 0 Å². The Labute approximate surface area is 171 Å². The number of carbonyl (C=O) groups is 2. The third-order valence-corrected chi connectivity index (χ3v) is 5.26. The summed E-state index contributed by atoms with van der Waals surface area (Å²) in [6, 6.07) is 2.80. The molecule has 0 saturated carbocycles. The number of nitrogens with one attached hydrogen (secondary N) is 1. The highest BCUT2D eigenvalue weighted by Crippen LogP contribution is 2.42. The van der Waals surface area contributed by atoms with Crippen LogP contribution in [0.15, 0.2) is 30.6 Å². The van der Waals surface area contributed by atoms with Crippen LogP contribution in [0, 0.1) is 11.9 Å². The van der Waals surface area contributed by atoms with Crippen LogP contribution in [-0.2, 0) is 16.0 Å². The Morgan fingerprint density at radius 3 is 2.67 bits per heavy atom. The number of piperidine rings is 1. The van der Waals surface area contributed by atoms with Crippen LogP contribution < -0.4 is 11.1 Å². The zero-order valence-electron chi connectivity index (χ0n) is 16.5. The fourth-order valence-electron chi connectivity index (χ4n) is 3.42. The number of aromatic nitrogens is 2. The summed E-state index contributed by atoms with van der Waals surface area (Å²) < 4.78 is 41.9. The number of nitrogen functional groups attached to an aromatic ring is 1. The molecule has 2 atom stereocenters. The molecule has 3 rings (SSSR count). The van der Waals surface area contributed by atoms with Crippen molar-refractivity contribution >= 4 is 23.3 Å². The number of hydrogen-bond acceptors (Lipinski definition) is 5. The van der Waals surface area contributed by atoms with Crippen molar-refractivity contribution in [3.05, 3.63) is 47.7 Å². The Kier molecular flexibility index (Phi) is 5.95. The van der Waals surface area contributed by atoms with Crippen LogP contribution in [0.5, 0.6) is 0 Å². The third kappa shape index (κ3) is 4.37. The smallest absolute Gasteiger partial charge is 0.313 e. The lowest BCUT2D eigenvalue weighted by atomic mass is 9.87. The molecule has 10 heteroatoms. The molecule has 1 saturated heterocycles. The molecule has 2 amide bonds. The normalized spacial score (nSPS) is 20.6. The van der Waals surface area contributed by atoms with Gasteiger partial charge in [-0.2, -0.15) is 4.39 Å². The summed E-state index contributed by atoms with van der Waals surface area (Å²) in [5, 5.41) is 2.45. The first-order valence-electron chi connectivity index (χ1n) is 9.48. The first-order chi connectivity index (χ1) is 14.1. The van der Waals surface area contributed by atoms with Gasteiger partial charge in [0.05, 0.1) is 17.9 Å². The summed E-state index contributed by atoms with van der Waals surface area (Å²) in [4.78, 5) is 34.0. The highest BCUT2D eigenvalue weighted by Gasteiger charge is 2.48. The second kappa shape index (κ2) is 8.29. The van der Waals surface area contributed by atoms with Gasteiger partial charge in [0.1, 0.15) is 5.82 Å². The first kappa shape index (κ1) is 21.5. The number of nitrogens with two attached hydrogens (primary N) is 1. The Morgan fingerprint density at radius 1 is 1.30 bits per heavy atom. The van der Waals surface area contributed by atoms with E-state index in [0.717, 1.165) is 17.2 Å². The molecule has 2 aromatic heterocycles. The van der Waals surface area contributed by atoms with Crippen LogP contribution in [0.1, 0.15) is 37.4 Å². The maximum atomic E-state index is 14.4. The minimum atomic E-state index is -3.05. The Morgan fingerprint density at radius 2 is 2.03 bits per heavy atom. The van der Waals surface area contributed by atoms with Gasteiger partial charge in [-0.25, -0.2) is 18.7 Å². The summed E-state index contributed by atoms with van der Waals surface area (Å²) in [6.45, 7) is 2.84. The monoisotopic (exact) mass is 421 g/mol. The summed E-state index contributed by atoms with van der Waals surface area (Å²) in [6.07, 6.45) is 2.30. The van der Waals surface area contributed by atoms with Crippen molar-refractivity contribution in [2.75, 3.05) is 17.6 Å². The fourth-order valence-corrected chi connectivity index (χ4v) is 3.42. The molecule has 160 valence electrons. The lowest BCUT2D eigenvalue weighted by molar-refractivity contribution is -0.159. The van der Waals surface area contributed by atoms with E-state index in [0.29, 0.717) is 17.8 Å². The summed E-state index contributed by atoms with van der Waals surface area (Å²) in [5.41, 5.74) is 6.94.